The minimum atomic E-state index is -0.250. The third kappa shape index (κ3) is 5.31. The number of likely N-dealkylation sites (tertiary alicyclic amines) is 1. The Hall–Kier alpha value is -1.59. The van der Waals surface area contributed by atoms with Gasteiger partial charge in [0.15, 0.2) is 0 Å². The van der Waals surface area contributed by atoms with E-state index < -0.39 is 0 Å². The smallest absolute Gasteiger partial charge is 0.409 e. The highest BCUT2D eigenvalue weighted by Gasteiger charge is 2.22. The SMILES string of the molecule is CN(C[C@H]1CCCN(CCN)C1)C(=O)OCc1ccccc1. The van der Waals surface area contributed by atoms with Gasteiger partial charge in [0.05, 0.1) is 0 Å². The van der Waals surface area contributed by atoms with Crippen LogP contribution in [0, 0.1) is 5.92 Å². The molecule has 0 unspecified atom stereocenters. The Kier molecular flexibility index (Phi) is 6.68. The summed E-state index contributed by atoms with van der Waals surface area (Å²) in [4.78, 5) is 16.1. The summed E-state index contributed by atoms with van der Waals surface area (Å²) in [6.07, 6.45) is 2.09. The number of hydrogen-bond donors (Lipinski definition) is 1. The lowest BCUT2D eigenvalue weighted by molar-refractivity contribution is 0.0889. The summed E-state index contributed by atoms with van der Waals surface area (Å²) < 4.78 is 5.36. The van der Waals surface area contributed by atoms with Crippen LogP contribution in [0.5, 0.6) is 0 Å². The largest absolute Gasteiger partial charge is 0.445 e. The molecule has 5 nitrogen and oxygen atoms in total. The number of benzene rings is 1. The second-order valence-corrected chi connectivity index (χ2v) is 6.02. The minimum absolute atomic E-state index is 0.250. The maximum absolute atomic E-state index is 12.1. The molecule has 0 aliphatic carbocycles. The van der Waals surface area contributed by atoms with Crippen LogP contribution in [0.4, 0.5) is 4.79 Å². The quantitative estimate of drug-likeness (QED) is 0.872. The molecule has 0 spiro atoms. The lowest BCUT2D eigenvalue weighted by atomic mass is 9.97. The maximum atomic E-state index is 12.1. The predicted molar refractivity (Wildman–Crippen MR) is 87.5 cm³/mol. The van der Waals surface area contributed by atoms with Crippen molar-refractivity contribution in [3.8, 4) is 0 Å². The molecule has 1 saturated heterocycles. The fraction of sp³-hybridized carbons (Fsp3) is 0.588. The van der Waals surface area contributed by atoms with E-state index in [1.165, 1.54) is 6.42 Å². The summed E-state index contributed by atoms with van der Waals surface area (Å²) in [5.74, 6) is 0.509. The van der Waals surface area contributed by atoms with Gasteiger partial charge in [-0.1, -0.05) is 30.3 Å². The van der Waals surface area contributed by atoms with E-state index in [1.54, 1.807) is 4.90 Å². The number of carbonyl (C=O) groups is 1. The minimum Gasteiger partial charge on any atom is -0.445 e. The Labute approximate surface area is 133 Å². The van der Waals surface area contributed by atoms with Crippen LogP contribution in [0.2, 0.25) is 0 Å². The zero-order chi connectivity index (χ0) is 15.8. The first-order valence-corrected chi connectivity index (χ1v) is 8.03. The van der Waals surface area contributed by atoms with Gasteiger partial charge < -0.3 is 20.3 Å². The van der Waals surface area contributed by atoms with Crippen LogP contribution >= 0.6 is 0 Å². The third-order valence-corrected chi connectivity index (χ3v) is 4.10. The third-order valence-electron chi connectivity index (χ3n) is 4.10. The van der Waals surface area contributed by atoms with Crippen molar-refractivity contribution in [1.82, 2.24) is 9.80 Å². The van der Waals surface area contributed by atoms with Crippen molar-refractivity contribution in [2.75, 3.05) is 39.8 Å². The van der Waals surface area contributed by atoms with Crippen molar-refractivity contribution < 1.29 is 9.53 Å². The molecule has 5 heteroatoms. The maximum Gasteiger partial charge on any atom is 0.409 e. The van der Waals surface area contributed by atoms with Gasteiger partial charge in [0, 0.05) is 33.2 Å². The molecular weight excluding hydrogens is 278 g/mol. The number of nitrogens with zero attached hydrogens (tertiary/aromatic N) is 2. The molecule has 22 heavy (non-hydrogen) atoms. The highest BCUT2D eigenvalue weighted by atomic mass is 16.6. The van der Waals surface area contributed by atoms with Crippen LogP contribution in [0.1, 0.15) is 18.4 Å². The van der Waals surface area contributed by atoms with E-state index in [4.69, 9.17) is 10.5 Å². The average molecular weight is 305 g/mol. The molecule has 1 aliphatic rings. The van der Waals surface area contributed by atoms with Crippen LogP contribution in [-0.2, 0) is 11.3 Å². The van der Waals surface area contributed by atoms with Gasteiger partial charge in [-0.05, 0) is 30.9 Å². The van der Waals surface area contributed by atoms with Crippen molar-refractivity contribution in [1.29, 1.82) is 0 Å². The number of ether oxygens (including phenoxy) is 1. The summed E-state index contributed by atoms with van der Waals surface area (Å²) >= 11 is 0. The number of piperidine rings is 1. The first kappa shape index (κ1) is 16.8. The van der Waals surface area contributed by atoms with Gasteiger partial charge in [0.25, 0.3) is 0 Å². The van der Waals surface area contributed by atoms with E-state index in [1.807, 2.05) is 37.4 Å². The first-order valence-electron chi connectivity index (χ1n) is 8.03. The van der Waals surface area contributed by atoms with E-state index >= 15 is 0 Å². The van der Waals surface area contributed by atoms with Crippen LogP contribution in [-0.4, -0.2) is 55.7 Å². The van der Waals surface area contributed by atoms with Gasteiger partial charge in [-0.15, -0.1) is 0 Å². The molecule has 1 fully saturated rings. The van der Waals surface area contributed by atoms with Crippen LogP contribution < -0.4 is 5.73 Å². The molecule has 1 aromatic carbocycles. The molecule has 0 aromatic heterocycles. The Morgan fingerprint density at radius 3 is 2.91 bits per heavy atom. The standard InChI is InChI=1S/C17H27N3O2/c1-19(12-16-8-5-10-20(13-16)11-9-18)17(21)22-14-15-6-3-2-4-7-15/h2-4,6-7,16H,5,8-14,18H2,1H3/t16-/m1/s1. The van der Waals surface area contributed by atoms with Gasteiger partial charge >= 0.3 is 6.09 Å². The van der Waals surface area contributed by atoms with E-state index in [0.29, 0.717) is 19.1 Å². The predicted octanol–water partition coefficient (Wildman–Crippen LogP) is 1.93. The van der Waals surface area contributed by atoms with Crippen LogP contribution in [0.3, 0.4) is 0 Å². The molecule has 1 amide bonds. The van der Waals surface area contributed by atoms with Gasteiger partial charge in [0.2, 0.25) is 0 Å². The van der Waals surface area contributed by atoms with Gasteiger partial charge in [-0.2, -0.15) is 0 Å². The van der Waals surface area contributed by atoms with Gasteiger partial charge in [-0.3, -0.25) is 0 Å². The van der Waals surface area contributed by atoms with Crippen molar-refractivity contribution >= 4 is 6.09 Å². The van der Waals surface area contributed by atoms with Crippen molar-refractivity contribution in [3.63, 3.8) is 0 Å². The van der Waals surface area contributed by atoms with Crippen molar-refractivity contribution in [2.45, 2.75) is 19.4 Å². The summed E-state index contributed by atoms with van der Waals surface area (Å²) in [6, 6.07) is 9.76. The van der Waals surface area contributed by atoms with Gasteiger partial charge in [0.1, 0.15) is 6.61 Å². The Balaban J connectivity index is 1.73. The van der Waals surface area contributed by atoms with Crippen molar-refractivity contribution in [2.24, 2.45) is 11.7 Å². The molecule has 2 rings (SSSR count). The molecule has 0 radical (unpaired) electrons. The summed E-state index contributed by atoms with van der Waals surface area (Å²) in [6.45, 7) is 4.85. The van der Waals surface area contributed by atoms with E-state index in [0.717, 1.165) is 38.2 Å². The Morgan fingerprint density at radius 2 is 2.18 bits per heavy atom. The van der Waals surface area contributed by atoms with E-state index in [9.17, 15) is 4.79 Å². The number of hydrogen-bond acceptors (Lipinski definition) is 4. The molecule has 1 atom stereocenters. The first-order chi connectivity index (χ1) is 10.7. The molecule has 0 bridgehead atoms. The van der Waals surface area contributed by atoms with Crippen LogP contribution in [0.25, 0.3) is 0 Å². The number of carbonyl (C=O) groups excluding carboxylic acids is 1. The fourth-order valence-electron chi connectivity index (χ4n) is 2.98. The lowest BCUT2D eigenvalue weighted by Gasteiger charge is -2.34. The summed E-state index contributed by atoms with van der Waals surface area (Å²) in [5.41, 5.74) is 6.63. The Morgan fingerprint density at radius 1 is 1.41 bits per heavy atom. The van der Waals surface area contributed by atoms with Crippen molar-refractivity contribution in [3.05, 3.63) is 35.9 Å². The molecule has 122 valence electrons. The zero-order valence-electron chi connectivity index (χ0n) is 13.4. The Bertz CT molecular complexity index is 450. The number of nitrogens with two attached hydrogens (primary N) is 1. The molecule has 1 aromatic rings. The second-order valence-electron chi connectivity index (χ2n) is 6.02. The normalized spacial score (nSPS) is 18.9. The number of amides is 1. The number of rotatable bonds is 6. The summed E-state index contributed by atoms with van der Waals surface area (Å²) in [5, 5.41) is 0. The lowest BCUT2D eigenvalue weighted by Crippen LogP contribution is -2.43. The highest BCUT2D eigenvalue weighted by molar-refractivity contribution is 5.67. The van der Waals surface area contributed by atoms with E-state index in [2.05, 4.69) is 4.90 Å². The topological polar surface area (TPSA) is 58.8 Å². The highest BCUT2D eigenvalue weighted by Crippen LogP contribution is 2.17. The average Bonchev–Trinajstić information content (AvgIpc) is 2.54. The second kappa shape index (κ2) is 8.76. The molecule has 1 heterocycles. The molecular formula is C17H27N3O2. The zero-order valence-corrected chi connectivity index (χ0v) is 13.4. The van der Waals surface area contributed by atoms with Crippen LogP contribution in [0.15, 0.2) is 30.3 Å². The molecule has 1 aliphatic heterocycles. The summed E-state index contributed by atoms with van der Waals surface area (Å²) in [7, 11) is 1.81. The monoisotopic (exact) mass is 305 g/mol. The molecule has 0 saturated carbocycles. The van der Waals surface area contributed by atoms with E-state index in [-0.39, 0.29) is 6.09 Å². The molecule has 2 N–H and O–H groups in total. The fourth-order valence-corrected chi connectivity index (χ4v) is 2.98. The van der Waals surface area contributed by atoms with Gasteiger partial charge in [-0.25, -0.2) is 4.79 Å².